The SMILES string of the molecule is Cc1c(Cn2c(=O)c(C(=O)O)cn(-c3ccc(-c4noc(=O)[nH]4)cc3)c2=O)cccc1C(F)(F)F. The van der Waals surface area contributed by atoms with E-state index in [-0.39, 0.29) is 22.6 Å². The first kappa shape index (κ1) is 23.5. The molecule has 35 heavy (non-hydrogen) atoms. The van der Waals surface area contributed by atoms with Crippen LogP contribution in [-0.4, -0.2) is 30.4 Å². The summed E-state index contributed by atoms with van der Waals surface area (Å²) in [7, 11) is 0. The van der Waals surface area contributed by atoms with E-state index in [0.29, 0.717) is 10.1 Å². The van der Waals surface area contributed by atoms with E-state index in [2.05, 4.69) is 14.7 Å². The van der Waals surface area contributed by atoms with Crippen molar-refractivity contribution < 1.29 is 27.6 Å². The zero-order valence-corrected chi connectivity index (χ0v) is 17.8. The summed E-state index contributed by atoms with van der Waals surface area (Å²) in [5, 5.41) is 13.0. The van der Waals surface area contributed by atoms with Gasteiger partial charge in [-0.25, -0.2) is 14.4 Å². The first-order chi connectivity index (χ1) is 16.5. The minimum atomic E-state index is -4.65. The molecule has 13 heteroatoms. The van der Waals surface area contributed by atoms with Gasteiger partial charge in [-0.3, -0.25) is 23.4 Å². The molecule has 0 saturated heterocycles. The van der Waals surface area contributed by atoms with E-state index in [0.717, 1.165) is 22.9 Å². The number of hydrogen-bond acceptors (Lipinski definition) is 6. The predicted molar refractivity (Wildman–Crippen MR) is 115 cm³/mol. The number of H-pyrrole nitrogens is 1. The normalized spacial score (nSPS) is 11.5. The highest BCUT2D eigenvalue weighted by molar-refractivity contribution is 5.86. The molecule has 0 unspecified atom stereocenters. The van der Waals surface area contributed by atoms with Gasteiger partial charge < -0.3 is 5.11 Å². The average Bonchev–Trinajstić information content (AvgIpc) is 3.23. The number of hydrogen-bond donors (Lipinski definition) is 2. The molecule has 4 aromatic rings. The van der Waals surface area contributed by atoms with Crippen molar-refractivity contribution in [3.8, 4) is 17.1 Å². The number of benzene rings is 2. The van der Waals surface area contributed by atoms with Crippen molar-refractivity contribution in [2.24, 2.45) is 0 Å². The van der Waals surface area contributed by atoms with Crippen molar-refractivity contribution in [1.82, 2.24) is 19.3 Å². The molecule has 0 aliphatic carbocycles. The predicted octanol–water partition coefficient (Wildman–Crippen LogP) is 2.42. The molecule has 2 heterocycles. The fraction of sp³-hybridized carbons (Fsp3) is 0.136. The Morgan fingerprint density at radius 1 is 1.11 bits per heavy atom. The lowest BCUT2D eigenvalue weighted by Gasteiger charge is -2.16. The van der Waals surface area contributed by atoms with Crippen LogP contribution in [0.25, 0.3) is 17.1 Å². The van der Waals surface area contributed by atoms with Crippen LogP contribution in [-0.2, 0) is 12.7 Å². The zero-order valence-electron chi connectivity index (χ0n) is 17.8. The fourth-order valence-corrected chi connectivity index (χ4v) is 3.54. The summed E-state index contributed by atoms with van der Waals surface area (Å²) in [5.41, 5.74) is -3.39. The van der Waals surface area contributed by atoms with Crippen LogP contribution in [0.1, 0.15) is 27.0 Å². The van der Waals surface area contributed by atoms with E-state index < -0.39 is 46.8 Å². The molecule has 0 saturated carbocycles. The van der Waals surface area contributed by atoms with Gasteiger partial charge in [0.15, 0.2) is 5.82 Å². The number of carboxylic acid groups (broad SMARTS) is 1. The molecule has 0 atom stereocenters. The Balaban J connectivity index is 1.84. The fourth-order valence-electron chi connectivity index (χ4n) is 3.54. The Labute approximate surface area is 192 Å². The van der Waals surface area contributed by atoms with Crippen LogP contribution >= 0.6 is 0 Å². The highest BCUT2D eigenvalue weighted by Gasteiger charge is 2.33. The van der Waals surface area contributed by atoms with Gasteiger partial charge in [-0.05, 0) is 48.4 Å². The number of halogens is 3. The molecular weight excluding hydrogens is 473 g/mol. The Morgan fingerprint density at radius 3 is 2.37 bits per heavy atom. The molecular formula is C22H15F3N4O6. The van der Waals surface area contributed by atoms with Gasteiger partial charge in [-0.2, -0.15) is 13.2 Å². The second kappa shape index (κ2) is 8.59. The first-order valence-electron chi connectivity index (χ1n) is 9.89. The molecule has 2 N–H and O–H groups in total. The molecule has 2 aromatic heterocycles. The standard InChI is InChI=1S/C22H15F3N4O6/c1-11-13(3-2-4-16(11)22(23,24)25)9-29-18(30)15(19(31)32)10-28(21(29)34)14-7-5-12(6-8-14)17-26-20(33)35-27-17/h2-8,10H,9H2,1H3,(H,31,32)(H,26,27,33). The second-order valence-corrected chi connectivity index (χ2v) is 7.47. The van der Waals surface area contributed by atoms with Crippen LogP contribution < -0.4 is 17.0 Å². The molecule has 10 nitrogen and oxygen atoms in total. The Kier molecular flexibility index (Phi) is 5.76. The Morgan fingerprint density at radius 2 is 1.80 bits per heavy atom. The Hall–Kier alpha value is -4.68. The van der Waals surface area contributed by atoms with Crippen LogP contribution in [0, 0.1) is 6.92 Å². The average molecular weight is 488 g/mol. The van der Waals surface area contributed by atoms with Crippen molar-refractivity contribution >= 4 is 5.97 Å². The van der Waals surface area contributed by atoms with E-state index in [4.69, 9.17) is 0 Å². The van der Waals surface area contributed by atoms with E-state index >= 15 is 0 Å². The molecule has 2 aromatic carbocycles. The minimum absolute atomic E-state index is 0.0263. The summed E-state index contributed by atoms with van der Waals surface area (Å²) in [6.07, 6.45) is -3.81. The molecule has 0 bridgehead atoms. The molecule has 0 fully saturated rings. The maximum Gasteiger partial charge on any atom is 0.439 e. The number of aromatic amines is 1. The molecule has 0 aliphatic rings. The van der Waals surface area contributed by atoms with Crippen LogP contribution in [0.3, 0.4) is 0 Å². The van der Waals surface area contributed by atoms with Crippen LogP contribution in [0.5, 0.6) is 0 Å². The van der Waals surface area contributed by atoms with Gasteiger partial charge in [-0.15, -0.1) is 0 Å². The molecule has 0 spiro atoms. The number of rotatable bonds is 5. The van der Waals surface area contributed by atoms with E-state index in [9.17, 15) is 37.5 Å². The third-order valence-electron chi connectivity index (χ3n) is 5.34. The lowest BCUT2D eigenvalue weighted by Crippen LogP contribution is -2.42. The topological polar surface area (TPSA) is 140 Å². The highest BCUT2D eigenvalue weighted by Crippen LogP contribution is 2.33. The van der Waals surface area contributed by atoms with Gasteiger partial charge in [0, 0.05) is 11.8 Å². The molecule has 0 amide bonds. The number of alkyl halides is 3. The number of carbonyl (C=O) groups is 1. The van der Waals surface area contributed by atoms with Crippen LogP contribution in [0.4, 0.5) is 13.2 Å². The van der Waals surface area contributed by atoms with Crippen molar-refractivity contribution in [3.63, 3.8) is 0 Å². The quantitative estimate of drug-likeness (QED) is 0.440. The molecule has 0 radical (unpaired) electrons. The minimum Gasteiger partial charge on any atom is -0.477 e. The van der Waals surface area contributed by atoms with Gasteiger partial charge in [0.2, 0.25) is 0 Å². The van der Waals surface area contributed by atoms with E-state index in [1.807, 2.05) is 0 Å². The lowest BCUT2D eigenvalue weighted by atomic mass is 10.0. The van der Waals surface area contributed by atoms with Crippen molar-refractivity contribution in [3.05, 3.63) is 102 Å². The number of nitrogens with one attached hydrogen (secondary N) is 1. The third-order valence-corrected chi connectivity index (χ3v) is 5.34. The van der Waals surface area contributed by atoms with Crippen molar-refractivity contribution in [1.29, 1.82) is 0 Å². The summed E-state index contributed by atoms with van der Waals surface area (Å²) < 4.78 is 45.8. The number of nitrogens with zero attached hydrogens (tertiary/aromatic N) is 3. The third kappa shape index (κ3) is 4.43. The number of aromatic carboxylic acids is 1. The second-order valence-electron chi connectivity index (χ2n) is 7.47. The zero-order chi connectivity index (χ0) is 25.5. The number of aromatic nitrogens is 4. The van der Waals surface area contributed by atoms with Gasteiger partial charge in [-0.1, -0.05) is 17.3 Å². The van der Waals surface area contributed by atoms with E-state index in [1.54, 1.807) is 0 Å². The first-order valence-corrected chi connectivity index (χ1v) is 9.89. The largest absolute Gasteiger partial charge is 0.477 e. The maximum absolute atomic E-state index is 13.3. The maximum atomic E-state index is 13.3. The Bertz CT molecular complexity index is 1610. The van der Waals surface area contributed by atoms with Gasteiger partial charge in [0.05, 0.1) is 17.8 Å². The summed E-state index contributed by atoms with van der Waals surface area (Å²) in [6.45, 7) is 0.628. The molecule has 0 aliphatic heterocycles. The van der Waals surface area contributed by atoms with Gasteiger partial charge in [0.25, 0.3) is 5.56 Å². The van der Waals surface area contributed by atoms with E-state index in [1.165, 1.54) is 37.3 Å². The summed E-state index contributed by atoms with van der Waals surface area (Å²) in [6, 6.07) is 9.06. The van der Waals surface area contributed by atoms with Gasteiger partial charge >= 0.3 is 23.6 Å². The van der Waals surface area contributed by atoms with Crippen molar-refractivity contribution in [2.45, 2.75) is 19.6 Å². The monoisotopic (exact) mass is 488 g/mol. The van der Waals surface area contributed by atoms with Crippen LogP contribution in [0.2, 0.25) is 0 Å². The molecule has 180 valence electrons. The van der Waals surface area contributed by atoms with Gasteiger partial charge in [0.1, 0.15) is 5.56 Å². The van der Waals surface area contributed by atoms with Crippen LogP contribution in [0.15, 0.2) is 67.6 Å². The number of carboxylic acids is 1. The molecule has 4 rings (SSSR count). The summed E-state index contributed by atoms with van der Waals surface area (Å²) >= 11 is 0. The highest BCUT2D eigenvalue weighted by atomic mass is 19.4. The summed E-state index contributed by atoms with van der Waals surface area (Å²) in [4.78, 5) is 51.1. The smallest absolute Gasteiger partial charge is 0.439 e. The van der Waals surface area contributed by atoms with Crippen molar-refractivity contribution in [2.75, 3.05) is 0 Å². The summed E-state index contributed by atoms with van der Waals surface area (Å²) in [5.74, 6) is -2.27. The lowest BCUT2D eigenvalue weighted by molar-refractivity contribution is -0.138.